The molecule has 3 aromatic rings. The SMILES string of the molecule is CC1CCc2c(sc3nc(C(C)Sc4nnc(C5CC5)n4N)[nH]c(=O)c23)C1. The van der Waals surface area contributed by atoms with Crippen molar-refractivity contribution in [2.24, 2.45) is 5.92 Å². The van der Waals surface area contributed by atoms with Gasteiger partial charge in [0.2, 0.25) is 5.16 Å². The van der Waals surface area contributed by atoms with Gasteiger partial charge in [-0.1, -0.05) is 18.7 Å². The molecular weight excluding hydrogens is 380 g/mol. The first kappa shape index (κ1) is 17.2. The predicted molar refractivity (Wildman–Crippen MR) is 108 cm³/mol. The molecule has 27 heavy (non-hydrogen) atoms. The average molecular weight is 403 g/mol. The normalized spacial score (nSPS) is 20.7. The number of hydrogen-bond donors (Lipinski definition) is 2. The van der Waals surface area contributed by atoms with Crippen molar-refractivity contribution in [2.45, 2.75) is 62.3 Å². The number of thioether (sulfide) groups is 1. The fraction of sp³-hybridized carbons (Fsp3) is 0.556. The largest absolute Gasteiger partial charge is 0.336 e. The molecule has 0 amide bonds. The molecule has 1 fully saturated rings. The van der Waals surface area contributed by atoms with E-state index < -0.39 is 0 Å². The Morgan fingerprint density at radius 2 is 2.15 bits per heavy atom. The van der Waals surface area contributed by atoms with E-state index in [0.717, 1.165) is 48.1 Å². The summed E-state index contributed by atoms with van der Waals surface area (Å²) in [6.45, 7) is 4.28. The van der Waals surface area contributed by atoms with E-state index in [9.17, 15) is 4.79 Å². The fourth-order valence-electron chi connectivity index (χ4n) is 3.76. The van der Waals surface area contributed by atoms with Gasteiger partial charge in [-0.15, -0.1) is 21.5 Å². The quantitative estimate of drug-likeness (QED) is 0.513. The Morgan fingerprint density at radius 3 is 2.93 bits per heavy atom. The zero-order valence-corrected chi connectivity index (χ0v) is 17.0. The maximum Gasteiger partial charge on any atom is 0.259 e. The topological polar surface area (TPSA) is 102 Å². The van der Waals surface area contributed by atoms with Crippen LogP contribution in [-0.2, 0) is 12.8 Å². The van der Waals surface area contributed by atoms with E-state index in [1.54, 1.807) is 16.0 Å². The maximum absolute atomic E-state index is 12.8. The highest BCUT2D eigenvalue weighted by Crippen LogP contribution is 2.41. The molecular formula is C18H22N6OS2. The predicted octanol–water partition coefficient (Wildman–Crippen LogP) is 3.15. The van der Waals surface area contributed by atoms with Gasteiger partial charge in [0.15, 0.2) is 5.82 Å². The number of aryl methyl sites for hydroxylation is 1. The van der Waals surface area contributed by atoms with E-state index in [1.807, 2.05) is 6.92 Å². The lowest BCUT2D eigenvalue weighted by Crippen LogP contribution is -2.16. The molecule has 1 saturated carbocycles. The number of aromatic amines is 1. The van der Waals surface area contributed by atoms with Crippen LogP contribution >= 0.6 is 23.1 Å². The standard InChI is InChI=1S/C18H22N6OS2/c1-8-3-6-11-12(7-8)27-17-13(11)16(25)20-14(21-17)9(2)26-18-23-22-15(24(18)19)10-4-5-10/h8-10H,3-7,19H2,1-2H3,(H,20,21,25). The summed E-state index contributed by atoms with van der Waals surface area (Å²) in [6.07, 6.45) is 5.42. The lowest BCUT2D eigenvalue weighted by atomic mass is 9.89. The van der Waals surface area contributed by atoms with E-state index in [2.05, 4.69) is 22.1 Å². The number of nitrogens with one attached hydrogen (secondary N) is 1. The molecule has 0 aliphatic heterocycles. The Labute approximate surface area is 164 Å². The molecule has 0 spiro atoms. The third-order valence-corrected chi connectivity index (χ3v) is 7.70. The summed E-state index contributed by atoms with van der Waals surface area (Å²) < 4.78 is 1.58. The smallest absolute Gasteiger partial charge is 0.259 e. The molecule has 7 nitrogen and oxygen atoms in total. The highest BCUT2D eigenvalue weighted by Gasteiger charge is 2.30. The van der Waals surface area contributed by atoms with Crippen molar-refractivity contribution >= 4 is 33.3 Å². The number of nitrogens with zero attached hydrogens (tertiary/aromatic N) is 4. The van der Waals surface area contributed by atoms with Crippen molar-refractivity contribution in [3.63, 3.8) is 0 Å². The highest BCUT2D eigenvalue weighted by molar-refractivity contribution is 7.99. The lowest BCUT2D eigenvalue weighted by Gasteiger charge is -2.17. The summed E-state index contributed by atoms with van der Waals surface area (Å²) in [5.74, 6) is 8.79. The van der Waals surface area contributed by atoms with E-state index in [-0.39, 0.29) is 10.8 Å². The molecule has 2 aliphatic rings. The molecule has 5 rings (SSSR count). The first-order valence-corrected chi connectivity index (χ1v) is 11.1. The Bertz CT molecular complexity index is 1080. The van der Waals surface area contributed by atoms with Crippen LogP contribution in [0.5, 0.6) is 0 Å². The van der Waals surface area contributed by atoms with Crippen LogP contribution < -0.4 is 11.4 Å². The molecule has 0 bridgehead atoms. The molecule has 3 heterocycles. The minimum Gasteiger partial charge on any atom is -0.336 e. The van der Waals surface area contributed by atoms with Crippen LogP contribution in [0.4, 0.5) is 0 Å². The van der Waals surface area contributed by atoms with E-state index >= 15 is 0 Å². The zero-order chi connectivity index (χ0) is 18.7. The number of aromatic nitrogens is 5. The summed E-state index contributed by atoms with van der Waals surface area (Å²) in [5, 5.41) is 9.82. The van der Waals surface area contributed by atoms with Crippen molar-refractivity contribution < 1.29 is 0 Å². The number of H-pyrrole nitrogens is 1. The molecule has 3 N–H and O–H groups in total. The van der Waals surface area contributed by atoms with Gasteiger partial charge in [0, 0.05) is 10.8 Å². The van der Waals surface area contributed by atoms with Crippen LogP contribution in [0.15, 0.2) is 9.95 Å². The van der Waals surface area contributed by atoms with Crippen LogP contribution in [-0.4, -0.2) is 24.8 Å². The highest BCUT2D eigenvalue weighted by atomic mass is 32.2. The van der Waals surface area contributed by atoms with Crippen LogP contribution in [0, 0.1) is 5.92 Å². The Hall–Kier alpha value is -1.87. The van der Waals surface area contributed by atoms with Gasteiger partial charge in [-0.05, 0) is 50.5 Å². The third-order valence-electron chi connectivity index (χ3n) is 5.48. The number of nitrogens with two attached hydrogens (primary N) is 1. The van der Waals surface area contributed by atoms with Crippen LogP contribution in [0.2, 0.25) is 0 Å². The molecule has 9 heteroatoms. The minimum absolute atomic E-state index is 0.0256. The summed E-state index contributed by atoms with van der Waals surface area (Å²) in [6, 6.07) is 0. The Balaban J connectivity index is 1.47. The average Bonchev–Trinajstić information content (AvgIpc) is 3.31. The molecule has 142 valence electrons. The van der Waals surface area contributed by atoms with Gasteiger partial charge in [0.05, 0.1) is 10.6 Å². The van der Waals surface area contributed by atoms with Crippen molar-refractivity contribution in [2.75, 3.05) is 5.84 Å². The van der Waals surface area contributed by atoms with E-state index in [0.29, 0.717) is 22.8 Å². The van der Waals surface area contributed by atoms with Crippen molar-refractivity contribution in [1.82, 2.24) is 24.8 Å². The van der Waals surface area contributed by atoms with Gasteiger partial charge in [-0.25, -0.2) is 9.66 Å². The van der Waals surface area contributed by atoms with Crippen LogP contribution in [0.1, 0.15) is 66.4 Å². The molecule has 2 unspecified atom stereocenters. The molecule has 3 aromatic heterocycles. The van der Waals surface area contributed by atoms with E-state index in [4.69, 9.17) is 10.8 Å². The van der Waals surface area contributed by atoms with Crippen molar-refractivity contribution in [3.05, 3.63) is 32.4 Å². The van der Waals surface area contributed by atoms with Crippen LogP contribution in [0.25, 0.3) is 10.2 Å². The Kier molecular flexibility index (Phi) is 4.05. The second kappa shape index (κ2) is 6.34. The van der Waals surface area contributed by atoms with Gasteiger partial charge in [-0.3, -0.25) is 4.79 Å². The molecule has 0 saturated heterocycles. The van der Waals surface area contributed by atoms with Gasteiger partial charge >= 0.3 is 0 Å². The second-order valence-electron chi connectivity index (χ2n) is 7.73. The van der Waals surface area contributed by atoms with Gasteiger partial charge in [0.25, 0.3) is 5.56 Å². The van der Waals surface area contributed by atoms with Crippen molar-refractivity contribution in [1.29, 1.82) is 0 Å². The summed E-state index contributed by atoms with van der Waals surface area (Å²) in [7, 11) is 0. The number of rotatable bonds is 4. The summed E-state index contributed by atoms with van der Waals surface area (Å²) in [4.78, 5) is 22.8. The third kappa shape index (κ3) is 2.97. The molecule has 2 aliphatic carbocycles. The Morgan fingerprint density at radius 1 is 1.33 bits per heavy atom. The van der Waals surface area contributed by atoms with Gasteiger partial charge in [0.1, 0.15) is 10.7 Å². The molecule has 0 radical (unpaired) electrons. The minimum atomic E-state index is -0.0706. The first-order valence-electron chi connectivity index (χ1n) is 9.42. The number of hydrogen-bond acceptors (Lipinski definition) is 7. The fourth-order valence-corrected chi connectivity index (χ4v) is 5.99. The van der Waals surface area contributed by atoms with Gasteiger partial charge in [-0.2, -0.15) is 0 Å². The van der Waals surface area contributed by atoms with E-state index in [1.165, 1.54) is 22.2 Å². The summed E-state index contributed by atoms with van der Waals surface area (Å²) in [5.41, 5.74) is 1.19. The maximum atomic E-state index is 12.8. The van der Waals surface area contributed by atoms with Gasteiger partial charge < -0.3 is 10.8 Å². The zero-order valence-electron chi connectivity index (χ0n) is 15.4. The first-order chi connectivity index (χ1) is 13.0. The van der Waals surface area contributed by atoms with Crippen molar-refractivity contribution in [3.8, 4) is 0 Å². The monoisotopic (exact) mass is 402 g/mol. The number of nitrogen functional groups attached to an aromatic ring is 1. The molecule has 0 aromatic carbocycles. The molecule has 2 atom stereocenters. The number of fused-ring (bicyclic) bond motifs is 3. The van der Waals surface area contributed by atoms with Crippen LogP contribution in [0.3, 0.4) is 0 Å². The lowest BCUT2D eigenvalue weighted by molar-refractivity contribution is 0.509. The summed E-state index contributed by atoms with van der Waals surface area (Å²) >= 11 is 3.15. The second-order valence-corrected chi connectivity index (χ2v) is 10.1. The number of thiophene rings is 1.